The topological polar surface area (TPSA) is 24.1 Å². The number of hydrogen-bond acceptors (Lipinski definition) is 2. The molecule has 0 aliphatic heterocycles. The molecule has 3 heteroatoms. The molecule has 0 atom stereocenters. The molecule has 0 unspecified atom stereocenters. The molecule has 0 saturated heterocycles. The molecule has 0 spiro atoms. The fourth-order valence-corrected chi connectivity index (χ4v) is 2.24. The van der Waals surface area contributed by atoms with E-state index >= 15 is 0 Å². The molecule has 0 rings (SSSR count). The third-order valence-corrected chi connectivity index (χ3v) is 7.71. The Balaban J connectivity index is 4.00. The first kappa shape index (κ1) is 13.9. The van der Waals surface area contributed by atoms with Gasteiger partial charge in [-0.05, 0) is 40.4 Å². The van der Waals surface area contributed by atoms with Crippen molar-refractivity contribution in [1.82, 2.24) is 10.6 Å². The van der Waals surface area contributed by atoms with Gasteiger partial charge in [0.25, 0.3) is 0 Å². The summed E-state index contributed by atoms with van der Waals surface area (Å²) in [5.41, 5.74) is 2.16. The van der Waals surface area contributed by atoms with Crippen LogP contribution in [0.1, 0.15) is 20.3 Å². The van der Waals surface area contributed by atoms with Gasteiger partial charge in [-0.3, -0.25) is 0 Å². The summed E-state index contributed by atoms with van der Waals surface area (Å²) in [6, 6.07) is 0. The maximum atomic E-state index is 3.95. The van der Waals surface area contributed by atoms with E-state index in [1.165, 1.54) is 6.42 Å². The molecular weight excluding hydrogens is 188 g/mol. The summed E-state index contributed by atoms with van der Waals surface area (Å²) in [6.45, 7) is 15.4. The van der Waals surface area contributed by atoms with Crippen LogP contribution >= 0.6 is 0 Å². The molecule has 0 aromatic heterocycles. The first-order chi connectivity index (χ1) is 6.37. The van der Waals surface area contributed by atoms with E-state index in [4.69, 9.17) is 0 Å². The highest BCUT2D eigenvalue weighted by Crippen LogP contribution is 2.20. The highest BCUT2D eigenvalue weighted by atomic mass is 28.3. The largest absolute Gasteiger partial charge is 0.320 e. The molecule has 0 aliphatic rings. The van der Waals surface area contributed by atoms with Crippen LogP contribution in [0.15, 0.2) is 12.3 Å². The van der Waals surface area contributed by atoms with Crippen molar-refractivity contribution in [2.45, 2.75) is 38.5 Å². The third kappa shape index (κ3) is 3.94. The molecule has 0 aromatic carbocycles. The highest BCUT2D eigenvalue weighted by Gasteiger charge is 2.35. The minimum absolute atomic E-state index is 0.239. The minimum Gasteiger partial charge on any atom is -0.320 e. The number of nitrogens with one attached hydrogen (secondary N) is 2. The van der Waals surface area contributed by atoms with Crippen LogP contribution in [0.5, 0.6) is 0 Å². The zero-order valence-electron chi connectivity index (χ0n) is 10.4. The van der Waals surface area contributed by atoms with Crippen molar-refractivity contribution in [3.8, 4) is 0 Å². The molecule has 0 heterocycles. The minimum atomic E-state index is -1.33. The standard InChI is InChI=1S/C11H26N2Si/c1-7-14(5,6)11(2,3)13-10-8-9-12-4/h7,12-13H,1,8-10H2,2-6H3. The lowest BCUT2D eigenvalue weighted by molar-refractivity contribution is 0.496. The van der Waals surface area contributed by atoms with E-state index in [0.29, 0.717) is 0 Å². The van der Waals surface area contributed by atoms with Crippen molar-refractivity contribution in [3.63, 3.8) is 0 Å². The van der Waals surface area contributed by atoms with Gasteiger partial charge in [-0.2, -0.15) is 0 Å². The summed E-state index contributed by atoms with van der Waals surface area (Å²) in [7, 11) is 0.661. The number of rotatable bonds is 7. The second-order valence-corrected chi connectivity index (χ2v) is 10.0. The second-order valence-electron chi connectivity index (χ2n) is 4.93. The zero-order chi connectivity index (χ0) is 11.2. The lowest BCUT2D eigenvalue weighted by atomic mass is 10.3. The van der Waals surface area contributed by atoms with E-state index in [-0.39, 0.29) is 5.16 Å². The first-order valence-corrected chi connectivity index (χ1v) is 8.48. The average molecular weight is 214 g/mol. The van der Waals surface area contributed by atoms with Gasteiger partial charge in [0.05, 0.1) is 8.07 Å². The van der Waals surface area contributed by atoms with Crippen molar-refractivity contribution >= 4 is 8.07 Å². The van der Waals surface area contributed by atoms with Gasteiger partial charge >= 0.3 is 0 Å². The van der Waals surface area contributed by atoms with Crippen molar-refractivity contribution in [2.75, 3.05) is 20.1 Å². The molecule has 84 valence electrons. The van der Waals surface area contributed by atoms with Crippen molar-refractivity contribution in [1.29, 1.82) is 0 Å². The molecule has 0 radical (unpaired) electrons. The molecule has 14 heavy (non-hydrogen) atoms. The Morgan fingerprint density at radius 1 is 1.29 bits per heavy atom. The molecule has 0 bridgehead atoms. The van der Waals surface area contributed by atoms with E-state index in [2.05, 4.69) is 49.9 Å². The Hall–Kier alpha value is -0.123. The monoisotopic (exact) mass is 214 g/mol. The Labute approximate surface area is 90.2 Å². The van der Waals surface area contributed by atoms with Crippen LogP contribution in [0, 0.1) is 0 Å². The Morgan fingerprint density at radius 2 is 1.86 bits per heavy atom. The molecular formula is C11H26N2Si. The molecule has 2 N–H and O–H groups in total. The van der Waals surface area contributed by atoms with Gasteiger partial charge in [0, 0.05) is 5.16 Å². The maximum Gasteiger partial charge on any atom is 0.0922 e. The van der Waals surface area contributed by atoms with Gasteiger partial charge in [0.1, 0.15) is 0 Å². The molecule has 0 fully saturated rings. The summed E-state index contributed by atoms with van der Waals surface area (Å²) < 4.78 is 0. The lowest BCUT2D eigenvalue weighted by Gasteiger charge is -2.38. The molecule has 0 aliphatic carbocycles. The van der Waals surface area contributed by atoms with Gasteiger partial charge in [0.2, 0.25) is 0 Å². The van der Waals surface area contributed by atoms with Gasteiger partial charge in [0.15, 0.2) is 0 Å². The van der Waals surface area contributed by atoms with Gasteiger partial charge < -0.3 is 10.6 Å². The normalized spacial score (nSPS) is 12.9. The van der Waals surface area contributed by atoms with Gasteiger partial charge in [-0.25, -0.2) is 0 Å². The first-order valence-electron chi connectivity index (χ1n) is 5.40. The average Bonchev–Trinajstić information content (AvgIpc) is 2.12. The van der Waals surface area contributed by atoms with Crippen LogP contribution < -0.4 is 10.6 Å². The third-order valence-electron chi connectivity index (χ3n) is 3.29. The summed E-state index contributed by atoms with van der Waals surface area (Å²) in [6.07, 6.45) is 1.18. The predicted molar refractivity (Wildman–Crippen MR) is 68.3 cm³/mol. The van der Waals surface area contributed by atoms with Crippen LogP contribution in [0.3, 0.4) is 0 Å². The highest BCUT2D eigenvalue weighted by molar-refractivity contribution is 6.84. The van der Waals surface area contributed by atoms with Crippen LogP contribution in [0.2, 0.25) is 13.1 Å². The van der Waals surface area contributed by atoms with E-state index in [1.807, 2.05) is 7.05 Å². The van der Waals surface area contributed by atoms with E-state index in [1.54, 1.807) is 0 Å². The van der Waals surface area contributed by atoms with Crippen LogP contribution in [-0.4, -0.2) is 33.4 Å². The fourth-order valence-electron chi connectivity index (χ4n) is 1.15. The summed E-state index contributed by atoms with van der Waals surface area (Å²) >= 11 is 0. The van der Waals surface area contributed by atoms with Gasteiger partial charge in [-0.15, -0.1) is 12.3 Å². The molecule has 0 saturated carbocycles. The summed E-state index contributed by atoms with van der Waals surface area (Å²) in [5, 5.41) is 7.03. The predicted octanol–water partition coefficient (Wildman–Crippen LogP) is 1.94. The van der Waals surface area contributed by atoms with E-state index in [9.17, 15) is 0 Å². The Morgan fingerprint density at radius 3 is 2.29 bits per heavy atom. The van der Waals surface area contributed by atoms with Crippen LogP contribution in [0.4, 0.5) is 0 Å². The quantitative estimate of drug-likeness (QED) is 0.500. The molecule has 0 amide bonds. The van der Waals surface area contributed by atoms with Crippen LogP contribution in [-0.2, 0) is 0 Å². The van der Waals surface area contributed by atoms with E-state index < -0.39 is 8.07 Å². The van der Waals surface area contributed by atoms with Crippen molar-refractivity contribution < 1.29 is 0 Å². The summed E-state index contributed by atoms with van der Waals surface area (Å²) in [5.74, 6) is 0. The van der Waals surface area contributed by atoms with Crippen molar-refractivity contribution in [2.24, 2.45) is 0 Å². The van der Waals surface area contributed by atoms with Crippen molar-refractivity contribution in [3.05, 3.63) is 12.3 Å². The molecule has 2 nitrogen and oxygen atoms in total. The fraction of sp³-hybridized carbons (Fsp3) is 0.818. The second kappa shape index (κ2) is 5.68. The van der Waals surface area contributed by atoms with Crippen LogP contribution in [0.25, 0.3) is 0 Å². The summed E-state index contributed by atoms with van der Waals surface area (Å²) in [4.78, 5) is 0. The molecule has 0 aromatic rings. The lowest BCUT2D eigenvalue weighted by Crippen LogP contribution is -2.58. The SMILES string of the molecule is C=C[Si](C)(C)C(C)(C)NCCCNC. The zero-order valence-corrected chi connectivity index (χ0v) is 11.4. The number of hydrogen-bond donors (Lipinski definition) is 2. The Bertz CT molecular complexity index is 176. The van der Waals surface area contributed by atoms with E-state index in [0.717, 1.165) is 13.1 Å². The maximum absolute atomic E-state index is 3.95. The van der Waals surface area contributed by atoms with Gasteiger partial charge in [-0.1, -0.05) is 13.1 Å². The Kier molecular flexibility index (Phi) is 5.63. The smallest absolute Gasteiger partial charge is 0.0922 e.